The smallest absolute Gasteiger partial charge is 0.465 e. The molecule has 0 aliphatic carbocycles. The molecule has 0 atom stereocenters. The summed E-state index contributed by atoms with van der Waals surface area (Å²) in [5, 5.41) is 1.72. The molecule has 112 valence electrons. The molecular weight excluding hydrogens is 275 g/mol. The summed E-state index contributed by atoms with van der Waals surface area (Å²) in [6.45, 7) is 5.47. The van der Waals surface area contributed by atoms with Gasteiger partial charge in [-0.05, 0) is 30.7 Å². The molecule has 0 radical (unpaired) electrons. The Kier molecular flexibility index (Phi) is 6.75. The zero-order chi connectivity index (χ0) is 15.9. The van der Waals surface area contributed by atoms with Crippen LogP contribution in [0.2, 0.25) is 0 Å². The molecule has 20 heavy (non-hydrogen) atoms. The summed E-state index contributed by atoms with van der Waals surface area (Å²) in [6, 6.07) is 3.81. The summed E-state index contributed by atoms with van der Waals surface area (Å²) in [5.74, 6) is -2.66. The molecule has 1 rings (SSSR count). The number of hydrogen-bond donors (Lipinski definition) is 1. The third-order valence-corrected chi connectivity index (χ3v) is 2.15. The monoisotopic (exact) mass is 291 g/mol. The van der Waals surface area contributed by atoms with E-state index >= 15 is 0 Å². The minimum absolute atomic E-state index is 0.00928. The maximum Gasteiger partial charge on any atom is 0.471 e. The molecule has 7 heteroatoms. The van der Waals surface area contributed by atoms with Gasteiger partial charge in [0.25, 0.3) is 0 Å². The number of ether oxygens (including phenoxy) is 1. The van der Waals surface area contributed by atoms with E-state index in [1.807, 2.05) is 13.8 Å². The highest BCUT2D eigenvalue weighted by Crippen LogP contribution is 2.21. The van der Waals surface area contributed by atoms with Gasteiger partial charge in [0.1, 0.15) is 0 Å². The van der Waals surface area contributed by atoms with Crippen molar-refractivity contribution < 1.29 is 27.5 Å². The van der Waals surface area contributed by atoms with E-state index in [1.165, 1.54) is 32.2 Å². The van der Waals surface area contributed by atoms with Crippen LogP contribution in [-0.2, 0) is 9.53 Å². The lowest BCUT2D eigenvalue weighted by molar-refractivity contribution is -0.167. The number of esters is 1. The second kappa shape index (κ2) is 7.52. The van der Waals surface area contributed by atoms with Gasteiger partial charge in [-0.3, -0.25) is 4.79 Å². The van der Waals surface area contributed by atoms with Crippen LogP contribution in [0.4, 0.5) is 18.9 Å². The second-order valence-corrected chi connectivity index (χ2v) is 3.47. The maximum atomic E-state index is 12.0. The molecule has 0 aliphatic rings. The van der Waals surface area contributed by atoms with E-state index < -0.39 is 18.1 Å². The number of methoxy groups -OCH3 is 1. The first-order valence-electron chi connectivity index (χ1n) is 5.83. The average Bonchev–Trinajstić information content (AvgIpc) is 2.41. The number of rotatable bonds is 2. The lowest BCUT2D eigenvalue weighted by Gasteiger charge is -2.11. The zero-order valence-corrected chi connectivity index (χ0v) is 11.6. The summed E-state index contributed by atoms with van der Waals surface area (Å²) >= 11 is 0. The molecule has 1 amide bonds. The van der Waals surface area contributed by atoms with E-state index in [-0.39, 0.29) is 11.3 Å². The number of carbonyl (C=O) groups is 2. The molecular formula is C13H16F3NO3. The Morgan fingerprint density at radius 3 is 2.15 bits per heavy atom. The normalized spacial score (nSPS) is 10.2. The fourth-order valence-electron chi connectivity index (χ4n) is 1.24. The van der Waals surface area contributed by atoms with Crippen LogP contribution in [0.5, 0.6) is 0 Å². The van der Waals surface area contributed by atoms with Gasteiger partial charge in [0, 0.05) is 5.69 Å². The first-order valence-corrected chi connectivity index (χ1v) is 5.83. The number of aryl methyl sites for hydroxylation is 1. The Labute approximate surface area is 114 Å². The molecule has 1 aromatic carbocycles. The quantitative estimate of drug-likeness (QED) is 0.850. The first-order chi connectivity index (χ1) is 9.25. The average molecular weight is 291 g/mol. The molecule has 1 N–H and O–H groups in total. The lowest BCUT2D eigenvalue weighted by Crippen LogP contribution is -2.30. The number of hydrogen-bond acceptors (Lipinski definition) is 3. The van der Waals surface area contributed by atoms with Crippen molar-refractivity contribution in [2.24, 2.45) is 0 Å². The molecule has 4 nitrogen and oxygen atoms in total. The van der Waals surface area contributed by atoms with Crippen LogP contribution in [0, 0.1) is 6.92 Å². The molecule has 1 aromatic rings. The summed E-state index contributed by atoms with van der Waals surface area (Å²) < 4.78 is 40.6. The minimum atomic E-state index is -4.95. The van der Waals surface area contributed by atoms with E-state index in [2.05, 4.69) is 4.74 Å². The van der Waals surface area contributed by atoms with E-state index in [1.54, 1.807) is 5.32 Å². The van der Waals surface area contributed by atoms with E-state index in [0.717, 1.165) is 0 Å². The standard InChI is InChI=1S/C11H10F3NO3.C2H6/c1-6-5-7(9(16)18-2)3-4-8(6)15-10(17)11(12,13)14;1-2/h3-5H,1-2H3,(H,15,17);1-2H3. The first kappa shape index (κ1) is 17.9. The molecule has 0 heterocycles. The molecule has 0 spiro atoms. The SMILES string of the molecule is CC.COC(=O)c1ccc(NC(=O)C(F)(F)F)c(C)c1. The van der Waals surface area contributed by atoms with Crippen LogP contribution in [0.25, 0.3) is 0 Å². The second-order valence-electron chi connectivity index (χ2n) is 3.47. The summed E-state index contributed by atoms with van der Waals surface area (Å²) in [4.78, 5) is 21.9. The summed E-state index contributed by atoms with van der Waals surface area (Å²) in [5.41, 5.74) is 0.514. The van der Waals surface area contributed by atoms with Gasteiger partial charge in [-0.1, -0.05) is 13.8 Å². The molecule has 0 saturated carbocycles. The molecule has 0 aromatic heterocycles. The van der Waals surface area contributed by atoms with Crippen LogP contribution in [-0.4, -0.2) is 25.2 Å². The van der Waals surface area contributed by atoms with Crippen LogP contribution in [0.1, 0.15) is 29.8 Å². The van der Waals surface area contributed by atoms with Gasteiger partial charge in [0.2, 0.25) is 0 Å². The van der Waals surface area contributed by atoms with Gasteiger partial charge in [-0.25, -0.2) is 4.79 Å². The van der Waals surface area contributed by atoms with Crippen molar-refractivity contribution in [3.8, 4) is 0 Å². The number of halogens is 3. The third kappa shape index (κ3) is 4.91. The van der Waals surface area contributed by atoms with Crippen LogP contribution < -0.4 is 5.32 Å². The Morgan fingerprint density at radius 2 is 1.75 bits per heavy atom. The Bertz CT molecular complexity index is 484. The number of benzene rings is 1. The summed E-state index contributed by atoms with van der Waals surface area (Å²) in [7, 11) is 1.19. The number of anilines is 1. The molecule has 0 unspecified atom stereocenters. The Hall–Kier alpha value is -2.05. The van der Waals surface area contributed by atoms with Gasteiger partial charge in [0.05, 0.1) is 12.7 Å². The van der Waals surface area contributed by atoms with Crippen LogP contribution >= 0.6 is 0 Å². The number of nitrogens with one attached hydrogen (secondary N) is 1. The number of alkyl halides is 3. The van der Waals surface area contributed by atoms with Gasteiger partial charge < -0.3 is 10.1 Å². The number of amides is 1. The molecule has 0 aliphatic heterocycles. The molecule has 0 fully saturated rings. The van der Waals surface area contributed by atoms with E-state index in [4.69, 9.17) is 0 Å². The third-order valence-electron chi connectivity index (χ3n) is 2.15. The van der Waals surface area contributed by atoms with E-state index in [0.29, 0.717) is 5.56 Å². The highest BCUT2D eigenvalue weighted by atomic mass is 19.4. The van der Waals surface area contributed by atoms with Gasteiger partial charge in [-0.15, -0.1) is 0 Å². The zero-order valence-electron chi connectivity index (χ0n) is 11.6. The van der Waals surface area contributed by atoms with Gasteiger partial charge in [0.15, 0.2) is 0 Å². The van der Waals surface area contributed by atoms with Crippen molar-refractivity contribution in [3.63, 3.8) is 0 Å². The topological polar surface area (TPSA) is 55.4 Å². The van der Waals surface area contributed by atoms with Crippen molar-refractivity contribution in [2.75, 3.05) is 12.4 Å². The summed E-state index contributed by atoms with van der Waals surface area (Å²) in [6.07, 6.45) is -4.95. The highest BCUT2D eigenvalue weighted by molar-refractivity contribution is 5.96. The van der Waals surface area contributed by atoms with E-state index in [9.17, 15) is 22.8 Å². The van der Waals surface area contributed by atoms with Crippen molar-refractivity contribution >= 4 is 17.6 Å². The van der Waals surface area contributed by atoms with Crippen molar-refractivity contribution in [1.29, 1.82) is 0 Å². The largest absolute Gasteiger partial charge is 0.471 e. The Morgan fingerprint density at radius 1 is 1.20 bits per heavy atom. The predicted octanol–water partition coefficient (Wildman–Crippen LogP) is 3.31. The fourth-order valence-corrected chi connectivity index (χ4v) is 1.24. The van der Waals surface area contributed by atoms with Crippen molar-refractivity contribution in [1.82, 2.24) is 0 Å². The van der Waals surface area contributed by atoms with Crippen LogP contribution in [0.3, 0.4) is 0 Å². The molecule has 0 bridgehead atoms. The Balaban J connectivity index is 0.00000172. The molecule has 0 saturated heterocycles. The van der Waals surface area contributed by atoms with Gasteiger partial charge >= 0.3 is 18.1 Å². The lowest BCUT2D eigenvalue weighted by atomic mass is 10.1. The minimum Gasteiger partial charge on any atom is -0.465 e. The number of carbonyl (C=O) groups excluding carboxylic acids is 2. The van der Waals surface area contributed by atoms with Gasteiger partial charge in [-0.2, -0.15) is 13.2 Å². The van der Waals surface area contributed by atoms with Crippen molar-refractivity contribution in [2.45, 2.75) is 26.9 Å². The predicted molar refractivity (Wildman–Crippen MR) is 68.6 cm³/mol. The van der Waals surface area contributed by atoms with Crippen molar-refractivity contribution in [3.05, 3.63) is 29.3 Å². The highest BCUT2D eigenvalue weighted by Gasteiger charge is 2.38. The van der Waals surface area contributed by atoms with Crippen LogP contribution in [0.15, 0.2) is 18.2 Å². The maximum absolute atomic E-state index is 12.0. The fraction of sp³-hybridized carbons (Fsp3) is 0.385.